The van der Waals surface area contributed by atoms with Crippen molar-refractivity contribution in [2.24, 2.45) is 0 Å². The molecule has 0 bridgehead atoms. The van der Waals surface area contributed by atoms with Gasteiger partial charge in [0.25, 0.3) is 0 Å². The van der Waals surface area contributed by atoms with E-state index in [2.05, 4.69) is 4.72 Å². The third kappa shape index (κ3) is 2.81. The van der Waals surface area contributed by atoms with Crippen LogP contribution < -0.4 is 4.72 Å². The van der Waals surface area contributed by atoms with Crippen molar-refractivity contribution in [3.05, 3.63) is 40.7 Å². The van der Waals surface area contributed by atoms with Crippen molar-refractivity contribution in [2.45, 2.75) is 24.3 Å². The zero-order chi connectivity index (χ0) is 13.2. The number of aliphatic hydroxyl groups is 1. The van der Waals surface area contributed by atoms with E-state index in [4.69, 9.17) is 9.52 Å². The maximum atomic E-state index is 12.0. The van der Waals surface area contributed by atoms with E-state index >= 15 is 0 Å². The van der Waals surface area contributed by atoms with E-state index in [1.807, 2.05) is 0 Å². The number of thiophene rings is 1. The molecule has 2 aromatic heterocycles. The number of nitrogens with one attached hydrogen (secondary N) is 1. The van der Waals surface area contributed by atoms with Gasteiger partial charge >= 0.3 is 0 Å². The normalized spacial score (nSPS) is 11.9. The van der Waals surface area contributed by atoms with Crippen LogP contribution in [0.25, 0.3) is 0 Å². The fourth-order valence-electron chi connectivity index (χ4n) is 1.43. The minimum absolute atomic E-state index is 0.112. The molecule has 0 amide bonds. The first-order valence-electron chi connectivity index (χ1n) is 5.25. The zero-order valence-electron chi connectivity index (χ0n) is 9.71. The Kier molecular flexibility index (Phi) is 3.86. The summed E-state index contributed by atoms with van der Waals surface area (Å²) in [6.45, 7) is 1.73. The number of hydrogen-bond acceptors (Lipinski definition) is 5. The van der Waals surface area contributed by atoms with Gasteiger partial charge in [0.15, 0.2) is 0 Å². The molecule has 2 rings (SSSR count). The van der Waals surface area contributed by atoms with E-state index in [-0.39, 0.29) is 17.4 Å². The van der Waals surface area contributed by atoms with E-state index < -0.39 is 10.0 Å². The Balaban J connectivity index is 2.14. The second kappa shape index (κ2) is 5.23. The molecule has 0 aromatic carbocycles. The van der Waals surface area contributed by atoms with Crippen LogP contribution >= 0.6 is 11.3 Å². The van der Waals surface area contributed by atoms with Crippen molar-refractivity contribution >= 4 is 21.4 Å². The lowest BCUT2D eigenvalue weighted by molar-refractivity contribution is 0.285. The van der Waals surface area contributed by atoms with Gasteiger partial charge in [-0.15, -0.1) is 11.3 Å². The van der Waals surface area contributed by atoms with E-state index in [0.717, 1.165) is 16.9 Å². The van der Waals surface area contributed by atoms with Gasteiger partial charge in [-0.05, 0) is 30.7 Å². The number of furan rings is 1. The van der Waals surface area contributed by atoms with E-state index in [1.54, 1.807) is 25.1 Å². The monoisotopic (exact) mass is 287 g/mol. The van der Waals surface area contributed by atoms with Crippen molar-refractivity contribution in [3.63, 3.8) is 0 Å². The second-order valence-electron chi connectivity index (χ2n) is 3.73. The molecule has 0 radical (unpaired) electrons. The first-order valence-corrected chi connectivity index (χ1v) is 7.55. The Morgan fingerprint density at radius 1 is 1.50 bits per heavy atom. The molecule has 0 saturated heterocycles. The number of rotatable bonds is 5. The Morgan fingerprint density at radius 3 is 2.83 bits per heavy atom. The summed E-state index contributed by atoms with van der Waals surface area (Å²) in [5, 5.41) is 9.06. The Bertz CT molecular complexity index is 614. The molecule has 0 saturated carbocycles. The van der Waals surface area contributed by atoms with Crippen LogP contribution in [0.2, 0.25) is 0 Å². The summed E-state index contributed by atoms with van der Waals surface area (Å²) in [6, 6.07) is 4.95. The van der Waals surface area contributed by atoms with Gasteiger partial charge in [0.1, 0.15) is 9.97 Å². The smallest absolute Gasteiger partial charge is 0.250 e. The lowest BCUT2D eigenvalue weighted by atomic mass is 10.3. The minimum atomic E-state index is -3.55. The van der Waals surface area contributed by atoms with Crippen LogP contribution in [-0.2, 0) is 23.2 Å². The van der Waals surface area contributed by atoms with E-state index in [9.17, 15) is 8.42 Å². The van der Waals surface area contributed by atoms with Gasteiger partial charge in [-0.3, -0.25) is 0 Å². The minimum Gasteiger partial charge on any atom is -0.468 e. The maximum Gasteiger partial charge on any atom is 0.250 e. The Labute approximate surface area is 109 Å². The molecular weight excluding hydrogens is 274 g/mol. The summed E-state index contributed by atoms with van der Waals surface area (Å²) in [5.74, 6) is 0.550. The SMILES string of the molecule is Cc1cc(S(=O)(=O)NCc2ccco2)sc1CO. The van der Waals surface area contributed by atoms with Crippen molar-refractivity contribution in [2.75, 3.05) is 0 Å². The second-order valence-corrected chi connectivity index (χ2v) is 6.86. The fraction of sp³-hybridized carbons (Fsp3) is 0.273. The summed E-state index contributed by atoms with van der Waals surface area (Å²) in [7, 11) is -3.55. The van der Waals surface area contributed by atoms with Gasteiger partial charge in [0, 0.05) is 4.88 Å². The van der Waals surface area contributed by atoms with Gasteiger partial charge < -0.3 is 9.52 Å². The maximum absolute atomic E-state index is 12.0. The number of hydrogen-bond donors (Lipinski definition) is 2. The van der Waals surface area contributed by atoms with Gasteiger partial charge in [0.2, 0.25) is 10.0 Å². The van der Waals surface area contributed by atoms with Crippen LogP contribution in [0.1, 0.15) is 16.2 Å². The van der Waals surface area contributed by atoms with E-state index in [0.29, 0.717) is 10.6 Å². The molecule has 2 heterocycles. The topological polar surface area (TPSA) is 79.5 Å². The van der Waals surface area contributed by atoms with Crippen LogP contribution in [-0.4, -0.2) is 13.5 Å². The highest BCUT2D eigenvalue weighted by Crippen LogP contribution is 2.25. The molecule has 0 spiro atoms. The molecule has 98 valence electrons. The van der Waals surface area contributed by atoms with Crippen LogP contribution in [0.3, 0.4) is 0 Å². The van der Waals surface area contributed by atoms with Crippen LogP contribution in [0.15, 0.2) is 33.1 Å². The third-order valence-electron chi connectivity index (χ3n) is 2.42. The van der Waals surface area contributed by atoms with Gasteiger partial charge in [-0.2, -0.15) is 0 Å². The molecule has 0 aliphatic heterocycles. The summed E-state index contributed by atoms with van der Waals surface area (Å²) in [4.78, 5) is 0.661. The summed E-state index contributed by atoms with van der Waals surface area (Å²) < 4.78 is 31.7. The Hall–Kier alpha value is -1.15. The lowest BCUT2D eigenvalue weighted by Crippen LogP contribution is -2.22. The molecule has 7 heteroatoms. The molecule has 0 unspecified atom stereocenters. The van der Waals surface area contributed by atoms with Crippen LogP contribution in [0.4, 0.5) is 0 Å². The summed E-state index contributed by atoms with van der Waals surface area (Å²) in [5.41, 5.74) is 0.779. The first kappa shape index (κ1) is 13.3. The first-order chi connectivity index (χ1) is 8.53. The molecule has 0 fully saturated rings. The highest BCUT2D eigenvalue weighted by atomic mass is 32.2. The quantitative estimate of drug-likeness (QED) is 0.876. The summed E-state index contributed by atoms with van der Waals surface area (Å²) in [6.07, 6.45) is 1.49. The molecule has 2 aromatic rings. The van der Waals surface area contributed by atoms with Crippen molar-refractivity contribution in [3.8, 4) is 0 Å². The molecule has 5 nitrogen and oxygen atoms in total. The number of sulfonamides is 1. The predicted octanol–water partition coefficient (Wildman–Crippen LogP) is 1.62. The van der Waals surface area contributed by atoms with E-state index in [1.165, 1.54) is 6.26 Å². The zero-order valence-corrected chi connectivity index (χ0v) is 11.3. The molecule has 0 aliphatic carbocycles. The standard InChI is InChI=1S/C11H13NO4S2/c1-8-5-11(17-10(8)7-13)18(14,15)12-6-9-3-2-4-16-9/h2-5,12-13H,6-7H2,1H3. The van der Waals surface area contributed by atoms with Crippen molar-refractivity contribution in [1.82, 2.24) is 4.72 Å². The third-order valence-corrected chi connectivity index (χ3v) is 5.52. The van der Waals surface area contributed by atoms with Gasteiger partial charge in [0.05, 0.1) is 19.4 Å². The number of aryl methyl sites for hydroxylation is 1. The predicted molar refractivity (Wildman–Crippen MR) is 67.7 cm³/mol. The Morgan fingerprint density at radius 2 is 2.28 bits per heavy atom. The van der Waals surface area contributed by atoms with Crippen molar-refractivity contribution < 1.29 is 17.9 Å². The largest absolute Gasteiger partial charge is 0.468 e. The molecule has 18 heavy (non-hydrogen) atoms. The van der Waals surface area contributed by atoms with Gasteiger partial charge in [-0.1, -0.05) is 0 Å². The lowest BCUT2D eigenvalue weighted by Gasteiger charge is -2.02. The highest BCUT2D eigenvalue weighted by molar-refractivity contribution is 7.91. The average molecular weight is 287 g/mol. The molecular formula is C11H13NO4S2. The molecule has 0 atom stereocenters. The average Bonchev–Trinajstić information content (AvgIpc) is 2.95. The summed E-state index contributed by atoms with van der Waals surface area (Å²) >= 11 is 1.07. The molecule has 0 aliphatic rings. The number of aliphatic hydroxyl groups excluding tert-OH is 1. The fourth-order valence-corrected chi connectivity index (χ4v) is 3.92. The van der Waals surface area contributed by atoms with Gasteiger partial charge in [-0.25, -0.2) is 13.1 Å². The van der Waals surface area contributed by atoms with Crippen molar-refractivity contribution in [1.29, 1.82) is 0 Å². The van der Waals surface area contributed by atoms with Crippen LogP contribution in [0, 0.1) is 6.92 Å². The van der Waals surface area contributed by atoms with Crippen LogP contribution in [0.5, 0.6) is 0 Å². The molecule has 2 N–H and O–H groups in total. The highest BCUT2D eigenvalue weighted by Gasteiger charge is 2.18.